The van der Waals surface area contributed by atoms with E-state index in [-0.39, 0.29) is 0 Å². The molecule has 1 aromatic carbocycles. The molecule has 1 fully saturated rings. The highest BCUT2D eigenvalue weighted by Crippen LogP contribution is 2.04. The molecule has 0 bridgehead atoms. The Labute approximate surface area is 86.2 Å². The van der Waals surface area contributed by atoms with Crippen LogP contribution in [-0.2, 0) is 0 Å². The largest absolute Gasteiger partial charge is 0.508 e. The molecule has 1 aliphatic heterocycles. The van der Waals surface area contributed by atoms with Crippen LogP contribution >= 0.6 is 0 Å². The lowest BCUT2D eigenvalue weighted by atomic mass is 10.1. The Kier molecular flexibility index (Phi) is 5.08. The molecule has 0 radical (unpaired) electrons. The highest BCUT2D eigenvalue weighted by Gasteiger charge is 2.02. The van der Waals surface area contributed by atoms with Crippen molar-refractivity contribution >= 4 is 0 Å². The number of benzene rings is 1. The molecule has 0 aliphatic carbocycles. The van der Waals surface area contributed by atoms with Crippen LogP contribution in [0.5, 0.6) is 5.75 Å². The minimum atomic E-state index is 0.322. The molecule has 1 aliphatic rings. The van der Waals surface area contributed by atoms with Gasteiger partial charge < -0.3 is 10.0 Å². The number of aromatic hydroxyl groups is 1. The van der Waals surface area contributed by atoms with Crippen LogP contribution in [0, 0.1) is 0 Å². The molecule has 0 unspecified atom stereocenters. The molecular formula is C12H19NO. The first-order chi connectivity index (χ1) is 6.79. The number of nitrogens with zero attached hydrogens (tertiary/aromatic N) is 1. The fraction of sp³-hybridized carbons (Fsp3) is 0.500. The van der Waals surface area contributed by atoms with E-state index in [1.807, 2.05) is 6.07 Å². The Bertz CT molecular complexity index is 229. The number of hydrogen-bond acceptors (Lipinski definition) is 2. The third kappa shape index (κ3) is 4.87. The number of likely N-dealkylation sites (tertiary alicyclic amines) is 1. The zero-order valence-electron chi connectivity index (χ0n) is 8.82. The van der Waals surface area contributed by atoms with Crippen molar-refractivity contribution in [1.29, 1.82) is 0 Å². The molecule has 1 saturated heterocycles. The first kappa shape index (κ1) is 11.1. The molecular weight excluding hydrogens is 174 g/mol. The quantitative estimate of drug-likeness (QED) is 0.684. The molecule has 2 rings (SSSR count). The van der Waals surface area contributed by atoms with E-state index < -0.39 is 0 Å². The van der Waals surface area contributed by atoms with Gasteiger partial charge in [-0.05, 0) is 45.1 Å². The van der Waals surface area contributed by atoms with Crippen molar-refractivity contribution in [3.05, 3.63) is 30.3 Å². The van der Waals surface area contributed by atoms with Gasteiger partial charge in [-0.3, -0.25) is 0 Å². The maximum atomic E-state index is 8.63. The summed E-state index contributed by atoms with van der Waals surface area (Å²) in [7, 11) is 2.19. The van der Waals surface area contributed by atoms with Crippen molar-refractivity contribution in [3.63, 3.8) is 0 Å². The molecule has 0 atom stereocenters. The number of hydrogen-bond donors (Lipinski definition) is 1. The maximum Gasteiger partial charge on any atom is 0.115 e. The van der Waals surface area contributed by atoms with Crippen molar-refractivity contribution in [2.45, 2.75) is 19.3 Å². The van der Waals surface area contributed by atoms with Gasteiger partial charge >= 0.3 is 0 Å². The van der Waals surface area contributed by atoms with Gasteiger partial charge in [-0.15, -0.1) is 0 Å². The Morgan fingerprint density at radius 2 is 1.57 bits per heavy atom. The van der Waals surface area contributed by atoms with Crippen LogP contribution in [0.1, 0.15) is 19.3 Å². The number of phenols is 1. The topological polar surface area (TPSA) is 23.5 Å². The van der Waals surface area contributed by atoms with Crippen molar-refractivity contribution in [2.24, 2.45) is 0 Å². The van der Waals surface area contributed by atoms with E-state index >= 15 is 0 Å². The van der Waals surface area contributed by atoms with E-state index in [0.29, 0.717) is 5.75 Å². The molecule has 2 heteroatoms. The Morgan fingerprint density at radius 3 is 1.86 bits per heavy atom. The molecule has 0 aromatic heterocycles. The average molecular weight is 193 g/mol. The monoisotopic (exact) mass is 193 g/mol. The van der Waals surface area contributed by atoms with Crippen molar-refractivity contribution in [1.82, 2.24) is 4.90 Å². The van der Waals surface area contributed by atoms with Gasteiger partial charge in [0.05, 0.1) is 0 Å². The van der Waals surface area contributed by atoms with Crippen LogP contribution in [-0.4, -0.2) is 30.1 Å². The minimum absolute atomic E-state index is 0.322. The molecule has 0 spiro atoms. The number of phenolic OH excluding ortho intramolecular Hbond substituents is 1. The summed E-state index contributed by atoms with van der Waals surface area (Å²) in [4.78, 5) is 2.39. The zero-order valence-corrected chi connectivity index (χ0v) is 8.82. The van der Waals surface area contributed by atoms with Crippen LogP contribution < -0.4 is 0 Å². The van der Waals surface area contributed by atoms with E-state index in [1.54, 1.807) is 24.3 Å². The number of rotatable bonds is 0. The third-order valence-electron chi connectivity index (χ3n) is 2.34. The standard InChI is InChI=1S/C6H13N.C6H6O/c1-7-5-3-2-4-6-7;7-6-4-2-1-3-5-6/h2-6H2,1H3;1-5,7H. The second kappa shape index (κ2) is 6.44. The number of para-hydroxylation sites is 1. The van der Waals surface area contributed by atoms with Crippen molar-refractivity contribution in [2.75, 3.05) is 20.1 Å². The first-order valence-corrected chi connectivity index (χ1v) is 5.21. The van der Waals surface area contributed by atoms with Crippen molar-refractivity contribution < 1.29 is 5.11 Å². The van der Waals surface area contributed by atoms with Crippen LogP contribution in [0.4, 0.5) is 0 Å². The normalized spacial score (nSPS) is 16.9. The fourth-order valence-corrected chi connectivity index (χ4v) is 1.48. The van der Waals surface area contributed by atoms with E-state index in [1.165, 1.54) is 32.4 Å². The summed E-state index contributed by atoms with van der Waals surface area (Å²) in [6.45, 7) is 2.64. The molecule has 0 amide bonds. The van der Waals surface area contributed by atoms with Crippen LogP contribution in [0.2, 0.25) is 0 Å². The third-order valence-corrected chi connectivity index (χ3v) is 2.34. The minimum Gasteiger partial charge on any atom is -0.508 e. The van der Waals surface area contributed by atoms with Gasteiger partial charge in [0.2, 0.25) is 0 Å². The number of piperidine rings is 1. The Hall–Kier alpha value is -1.02. The summed E-state index contributed by atoms with van der Waals surface area (Å²) in [5, 5.41) is 8.63. The molecule has 78 valence electrons. The molecule has 0 saturated carbocycles. The highest BCUT2D eigenvalue weighted by atomic mass is 16.3. The molecule has 1 N–H and O–H groups in total. The summed E-state index contributed by atoms with van der Waals surface area (Å²) in [5.41, 5.74) is 0. The summed E-state index contributed by atoms with van der Waals surface area (Å²) >= 11 is 0. The second-order valence-corrected chi connectivity index (χ2v) is 3.70. The lowest BCUT2D eigenvalue weighted by Gasteiger charge is -2.20. The van der Waals surface area contributed by atoms with Gasteiger partial charge in [0.15, 0.2) is 0 Å². The van der Waals surface area contributed by atoms with Crippen molar-refractivity contribution in [3.8, 4) is 5.75 Å². The molecule has 1 heterocycles. The lowest BCUT2D eigenvalue weighted by molar-refractivity contribution is 0.277. The summed E-state index contributed by atoms with van der Waals surface area (Å²) < 4.78 is 0. The predicted molar refractivity (Wildman–Crippen MR) is 59.5 cm³/mol. The Balaban J connectivity index is 0.000000140. The molecule has 14 heavy (non-hydrogen) atoms. The summed E-state index contributed by atoms with van der Waals surface area (Å²) in [5.74, 6) is 0.322. The maximum absolute atomic E-state index is 8.63. The first-order valence-electron chi connectivity index (χ1n) is 5.21. The average Bonchev–Trinajstić information content (AvgIpc) is 2.21. The molecule has 2 nitrogen and oxygen atoms in total. The van der Waals surface area contributed by atoms with E-state index in [9.17, 15) is 0 Å². The van der Waals surface area contributed by atoms with E-state index in [4.69, 9.17) is 5.11 Å². The smallest absolute Gasteiger partial charge is 0.115 e. The van der Waals surface area contributed by atoms with Gasteiger partial charge in [-0.1, -0.05) is 24.6 Å². The van der Waals surface area contributed by atoms with Gasteiger partial charge in [0.1, 0.15) is 5.75 Å². The van der Waals surface area contributed by atoms with E-state index in [0.717, 1.165) is 0 Å². The Morgan fingerprint density at radius 1 is 1.00 bits per heavy atom. The van der Waals surface area contributed by atoms with Crippen LogP contribution in [0.25, 0.3) is 0 Å². The van der Waals surface area contributed by atoms with Gasteiger partial charge in [0, 0.05) is 0 Å². The van der Waals surface area contributed by atoms with Gasteiger partial charge in [-0.25, -0.2) is 0 Å². The van der Waals surface area contributed by atoms with Gasteiger partial charge in [0.25, 0.3) is 0 Å². The van der Waals surface area contributed by atoms with E-state index in [2.05, 4.69) is 11.9 Å². The summed E-state index contributed by atoms with van der Waals surface area (Å²) in [6.07, 6.45) is 4.28. The zero-order chi connectivity index (χ0) is 10.2. The van der Waals surface area contributed by atoms with Crippen LogP contribution in [0.15, 0.2) is 30.3 Å². The fourth-order valence-electron chi connectivity index (χ4n) is 1.48. The highest BCUT2D eigenvalue weighted by molar-refractivity contribution is 5.18. The SMILES string of the molecule is CN1CCCCC1.Oc1ccccc1. The van der Waals surface area contributed by atoms with Crippen LogP contribution in [0.3, 0.4) is 0 Å². The second-order valence-electron chi connectivity index (χ2n) is 3.70. The summed E-state index contributed by atoms with van der Waals surface area (Å²) in [6, 6.07) is 8.71. The molecule has 1 aromatic rings. The predicted octanol–water partition coefficient (Wildman–Crippen LogP) is 2.49. The van der Waals surface area contributed by atoms with Gasteiger partial charge in [-0.2, -0.15) is 0 Å². The lowest BCUT2D eigenvalue weighted by Crippen LogP contribution is -2.24.